The predicted octanol–water partition coefficient (Wildman–Crippen LogP) is 2.80. The average Bonchev–Trinajstić information content (AvgIpc) is 3.21. The standard InChI is InChI=1S/C17H24N4O2/c1-17(9-3-5-11-22-17)16-19-15(23-20-16)8-7-13-12-18-14-6-2-4-10-21(13)14/h12H,2-11H2,1H3. The zero-order valence-corrected chi connectivity index (χ0v) is 13.8. The van der Waals surface area contributed by atoms with Gasteiger partial charge in [0.1, 0.15) is 11.4 Å². The molecule has 1 fully saturated rings. The van der Waals surface area contributed by atoms with E-state index in [9.17, 15) is 0 Å². The second-order valence-electron chi connectivity index (χ2n) is 6.82. The van der Waals surface area contributed by atoms with Gasteiger partial charge in [0.25, 0.3) is 0 Å². The molecule has 0 aliphatic carbocycles. The maximum absolute atomic E-state index is 5.89. The van der Waals surface area contributed by atoms with E-state index in [2.05, 4.69) is 26.6 Å². The number of nitrogens with zero attached hydrogens (tertiary/aromatic N) is 4. The van der Waals surface area contributed by atoms with Gasteiger partial charge < -0.3 is 13.8 Å². The van der Waals surface area contributed by atoms with Crippen LogP contribution in [0.3, 0.4) is 0 Å². The van der Waals surface area contributed by atoms with Crippen LogP contribution in [0.2, 0.25) is 0 Å². The number of rotatable bonds is 4. The van der Waals surface area contributed by atoms with Crippen molar-refractivity contribution in [1.82, 2.24) is 19.7 Å². The molecule has 0 amide bonds. The summed E-state index contributed by atoms with van der Waals surface area (Å²) in [5.41, 5.74) is 0.898. The first kappa shape index (κ1) is 14.9. The van der Waals surface area contributed by atoms with Gasteiger partial charge in [0.2, 0.25) is 11.7 Å². The van der Waals surface area contributed by atoms with E-state index >= 15 is 0 Å². The lowest BCUT2D eigenvalue weighted by Gasteiger charge is -2.30. The van der Waals surface area contributed by atoms with Crippen LogP contribution in [-0.4, -0.2) is 26.3 Å². The van der Waals surface area contributed by atoms with E-state index in [1.54, 1.807) is 0 Å². The van der Waals surface area contributed by atoms with Crippen molar-refractivity contribution in [2.45, 2.75) is 70.4 Å². The zero-order chi connectivity index (χ0) is 15.7. The summed E-state index contributed by atoms with van der Waals surface area (Å²) < 4.78 is 13.7. The van der Waals surface area contributed by atoms with Gasteiger partial charge in [0.15, 0.2) is 0 Å². The van der Waals surface area contributed by atoms with E-state index in [0.717, 1.165) is 51.7 Å². The van der Waals surface area contributed by atoms with Gasteiger partial charge in [0.05, 0.1) is 0 Å². The van der Waals surface area contributed by atoms with Crippen LogP contribution < -0.4 is 0 Å². The van der Waals surface area contributed by atoms with Gasteiger partial charge >= 0.3 is 0 Å². The van der Waals surface area contributed by atoms with E-state index < -0.39 is 0 Å². The van der Waals surface area contributed by atoms with Crippen molar-refractivity contribution in [2.24, 2.45) is 0 Å². The molecule has 124 valence electrons. The summed E-state index contributed by atoms with van der Waals surface area (Å²) in [6.45, 7) is 3.93. The van der Waals surface area contributed by atoms with Crippen molar-refractivity contribution in [3.8, 4) is 0 Å². The molecule has 1 saturated heterocycles. The van der Waals surface area contributed by atoms with E-state index in [0.29, 0.717) is 11.7 Å². The summed E-state index contributed by atoms with van der Waals surface area (Å²) in [5.74, 6) is 2.62. The van der Waals surface area contributed by atoms with Crippen molar-refractivity contribution in [1.29, 1.82) is 0 Å². The Labute approximate surface area is 136 Å². The highest BCUT2D eigenvalue weighted by Crippen LogP contribution is 2.32. The molecule has 0 spiro atoms. The van der Waals surface area contributed by atoms with Gasteiger partial charge in [-0.25, -0.2) is 4.98 Å². The minimum absolute atomic E-state index is 0.379. The van der Waals surface area contributed by atoms with Crippen LogP contribution in [0.1, 0.15) is 62.3 Å². The largest absolute Gasteiger partial charge is 0.367 e. The summed E-state index contributed by atoms with van der Waals surface area (Å²) >= 11 is 0. The molecule has 23 heavy (non-hydrogen) atoms. The van der Waals surface area contributed by atoms with Gasteiger partial charge in [-0.05, 0) is 45.4 Å². The highest BCUT2D eigenvalue weighted by molar-refractivity contribution is 5.09. The quantitative estimate of drug-likeness (QED) is 0.867. The van der Waals surface area contributed by atoms with Gasteiger partial charge in [0, 0.05) is 37.9 Å². The molecule has 0 aromatic carbocycles. The van der Waals surface area contributed by atoms with Gasteiger partial charge in [-0.1, -0.05) is 5.16 Å². The zero-order valence-electron chi connectivity index (χ0n) is 13.8. The van der Waals surface area contributed by atoms with Crippen LogP contribution in [0.5, 0.6) is 0 Å². The Morgan fingerprint density at radius 2 is 2.17 bits per heavy atom. The summed E-state index contributed by atoms with van der Waals surface area (Å²) in [7, 11) is 0. The van der Waals surface area contributed by atoms with Crippen molar-refractivity contribution in [3.63, 3.8) is 0 Å². The molecule has 2 aromatic rings. The lowest BCUT2D eigenvalue weighted by atomic mass is 9.95. The summed E-state index contributed by atoms with van der Waals surface area (Å²) in [4.78, 5) is 9.12. The number of aryl methyl sites for hydroxylation is 3. The molecule has 6 heteroatoms. The number of aromatic nitrogens is 4. The monoisotopic (exact) mass is 316 g/mol. The first-order valence-electron chi connectivity index (χ1n) is 8.75. The molecule has 4 heterocycles. The van der Waals surface area contributed by atoms with Crippen LogP contribution in [-0.2, 0) is 36.1 Å². The number of imidazole rings is 1. The third kappa shape index (κ3) is 2.92. The molecule has 1 unspecified atom stereocenters. The van der Waals surface area contributed by atoms with Crippen LogP contribution >= 0.6 is 0 Å². The Kier molecular flexibility index (Phi) is 3.93. The summed E-state index contributed by atoms with van der Waals surface area (Å²) in [6, 6.07) is 0. The molecule has 2 aromatic heterocycles. The molecule has 2 aliphatic rings. The van der Waals surface area contributed by atoms with Crippen molar-refractivity contribution in [3.05, 3.63) is 29.4 Å². The number of fused-ring (bicyclic) bond motifs is 1. The molecule has 0 bridgehead atoms. The molecule has 2 aliphatic heterocycles. The maximum atomic E-state index is 5.89. The molecule has 0 N–H and O–H groups in total. The van der Waals surface area contributed by atoms with Gasteiger partial charge in [-0.3, -0.25) is 0 Å². The second-order valence-corrected chi connectivity index (χ2v) is 6.82. The van der Waals surface area contributed by atoms with Crippen LogP contribution in [0, 0.1) is 0 Å². The first-order chi connectivity index (χ1) is 11.2. The van der Waals surface area contributed by atoms with Crippen molar-refractivity contribution >= 4 is 0 Å². The van der Waals surface area contributed by atoms with Crippen LogP contribution in [0.4, 0.5) is 0 Å². The first-order valence-corrected chi connectivity index (χ1v) is 8.75. The topological polar surface area (TPSA) is 66.0 Å². The molecular weight excluding hydrogens is 292 g/mol. The third-order valence-corrected chi connectivity index (χ3v) is 5.06. The van der Waals surface area contributed by atoms with Crippen LogP contribution in [0.25, 0.3) is 0 Å². The fourth-order valence-electron chi connectivity index (χ4n) is 3.60. The Bertz CT molecular complexity index is 670. The maximum Gasteiger partial charge on any atom is 0.227 e. The smallest absolute Gasteiger partial charge is 0.227 e. The second kappa shape index (κ2) is 6.07. The SMILES string of the molecule is CC1(c2noc(CCc3cnc4n3CCCC4)n2)CCCCO1. The number of ether oxygens (including phenoxy) is 1. The molecule has 4 rings (SSSR count). The normalized spacial score (nSPS) is 24.6. The number of hydrogen-bond acceptors (Lipinski definition) is 5. The fourth-order valence-corrected chi connectivity index (χ4v) is 3.60. The van der Waals surface area contributed by atoms with E-state index in [4.69, 9.17) is 9.26 Å². The van der Waals surface area contributed by atoms with Crippen molar-refractivity contribution in [2.75, 3.05) is 6.61 Å². The predicted molar refractivity (Wildman–Crippen MR) is 84.0 cm³/mol. The van der Waals surface area contributed by atoms with Gasteiger partial charge in [-0.2, -0.15) is 4.98 Å². The molecule has 0 saturated carbocycles. The highest BCUT2D eigenvalue weighted by Gasteiger charge is 2.34. The van der Waals surface area contributed by atoms with Crippen molar-refractivity contribution < 1.29 is 9.26 Å². The summed E-state index contributed by atoms with van der Waals surface area (Å²) in [5, 5.41) is 4.17. The minimum atomic E-state index is -0.379. The molecule has 1 atom stereocenters. The summed E-state index contributed by atoms with van der Waals surface area (Å²) in [6.07, 6.45) is 10.5. The lowest BCUT2D eigenvalue weighted by molar-refractivity contribution is -0.0770. The minimum Gasteiger partial charge on any atom is -0.367 e. The fraction of sp³-hybridized carbons (Fsp3) is 0.706. The number of hydrogen-bond donors (Lipinski definition) is 0. The highest BCUT2D eigenvalue weighted by atomic mass is 16.5. The van der Waals surface area contributed by atoms with E-state index in [-0.39, 0.29) is 5.60 Å². The Hall–Kier alpha value is -1.69. The Morgan fingerprint density at radius 3 is 3.04 bits per heavy atom. The third-order valence-electron chi connectivity index (χ3n) is 5.06. The average molecular weight is 316 g/mol. The Balaban J connectivity index is 1.43. The molecule has 6 nitrogen and oxygen atoms in total. The van der Waals surface area contributed by atoms with E-state index in [1.165, 1.54) is 24.4 Å². The Morgan fingerprint density at radius 1 is 1.22 bits per heavy atom. The lowest BCUT2D eigenvalue weighted by Crippen LogP contribution is -2.31. The molecular formula is C17H24N4O2. The molecule has 0 radical (unpaired) electrons. The van der Waals surface area contributed by atoms with E-state index in [1.807, 2.05) is 6.20 Å². The van der Waals surface area contributed by atoms with Crippen LogP contribution in [0.15, 0.2) is 10.7 Å². The van der Waals surface area contributed by atoms with Gasteiger partial charge in [-0.15, -0.1) is 0 Å².